The average Bonchev–Trinajstić information content (AvgIpc) is 3.15. The summed E-state index contributed by atoms with van der Waals surface area (Å²) in [5, 5.41) is 0.740. The lowest BCUT2D eigenvalue weighted by Crippen LogP contribution is -1.92. The second-order valence-corrected chi connectivity index (χ2v) is 6.64. The van der Waals surface area contributed by atoms with Gasteiger partial charge in [0, 0.05) is 20.3 Å². The lowest BCUT2D eigenvalue weighted by atomic mass is 10.1. The summed E-state index contributed by atoms with van der Waals surface area (Å²) in [6.45, 7) is 0.372. The van der Waals surface area contributed by atoms with Gasteiger partial charge in [-0.2, -0.15) is 0 Å². The van der Waals surface area contributed by atoms with Crippen molar-refractivity contribution >= 4 is 28.9 Å². The standard InChI is InChI=1S/C18H11ClO2S/c19-14-4-1-11(2-5-14)16-7-8-17(22-16)12-3-6-15-13(9-12)10-21-18(15)20/h1-9H,10H2. The number of rotatable bonds is 2. The molecule has 0 atom stereocenters. The smallest absolute Gasteiger partial charge is 0.338 e. The number of carbonyl (C=O) groups excluding carboxylic acids is 1. The molecular weight excluding hydrogens is 316 g/mol. The fourth-order valence-electron chi connectivity index (χ4n) is 2.55. The number of halogens is 1. The molecule has 1 aliphatic rings. The number of hydrogen-bond acceptors (Lipinski definition) is 3. The maximum Gasteiger partial charge on any atom is 0.338 e. The van der Waals surface area contributed by atoms with Gasteiger partial charge in [0.05, 0.1) is 5.56 Å². The van der Waals surface area contributed by atoms with E-state index in [1.165, 1.54) is 9.75 Å². The molecule has 2 nitrogen and oxygen atoms in total. The number of esters is 1. The van der Waals surface area contributed by atoms with E-state index < -0.39 is 0 Å². The first-order valence-electron chi connectivity index (χ1n) is 6.87. The van der Waals surface area contributed by atoms with Crippen molar-refractivity contribution in [2.24, 2.45) is 0 Å². The quantitative estimate of drug-likeness (QED) is 0.589. The molecule has 0 amide bonds. The minimum atomic E-state index is -0.227. The molecule has 0 fully saturated rings. The Morgan fingerprint density at radius 1 is 0.909 bits per heavy atom. The van der Waals surface area contributed by atoms with Crippen LogP contribution >= 0.6 is 22.9 Å². The lowest BCUT2D eigenvalue weighted by molar-refractivity contribution is 0.0535. The first-order chi connectivity index (χ1) is 10.7. The van der Waals surface area contributed by atoms with E-state index in [2.05, 4.69) is 12.1 Å². The Bertz CT molecular complexity index is 865. The molecule has 0 saturated heterocycles. The molecule has 22 heavy (non-hydrogen) atoms. The minimum absolute atomic E-state index is 0.227. The van der Waals surface area contributed by atoms with Crippen LogP contribution in [0.1, 0.15) is 15.9 Å². The Hall–Kier alpha value is -2.10. The van der Waals surface area contributed by atoms with Crippen molar-refractivity contribution in [1.29, 1.82) is 0 Å². The molecule has 0 radical (unpaired) electrons. The Morgan fingerprint density at radius 2 is 1.59 bits per heavy atom. The van der Waals surface area contributed by atoms with Gasteiger partial charge in [0.15, 0.2) is 0 Å². The molecular formula is C18H11ClO2S. The molecule has 1 aromatic heterocycles. The zero-order chi connectivity index (χ0) is 15.1. The summed E-state index contributed by atoms with van der Waals surface area (Å²) in [7, 11) is 0. The van der Waals surface area contributed by atoms with Crippen molar-refractivity contribution in [3.05, 3.63) is 70.7 Å². The van der Waals surface area contributed by atoms with Gasteiger partial charge in [0.1, 0.15) is 6.61 Å². The van der Waals surface area contributed by atoms with Gasteiger partial charge in [-0.1, -0.05) is 29.8 Å². The topological polar surface area (TPSA) is 26.3 Å². The number of carbonyl (C=O) groups is 1. The highest BCUT2D eigenvalue weighted by Gasteiger charge is 2.21. The summed E-state index contributed by atoms with van der Waals surface area (Å²) in [5.41, 5.74) is 3.91. The van der Waals surface area contributed by atoms with Crippen LogP contribution in [0.5, 0.6) is 0 Å². The van der Waals surface area contributed by atoms with Crippen LogP contribution in [0.2, 0.25) is 5.02 Å². The van der Waals surface area contributed by atoms with Crippen molar-refractivity contribution in [2.45, 2.75) is 6.61 Å². The highest BCUT2D eigenvalue weighted by atomic mass is 35.5. The Balaban J connectivity index is 1.70. The number of thiophene rings is 1. The monoisotopic (exact) mass is 326 g/mol. The Labute approximate surface area is 136 Å². The highest BCUT2D eigenvalue weighted by molar-refractivity contribution is 7.18. The third-order valence-corrected chi connectivity index (χ3v) is 5.14. The zero-order valence-corrected chi connectivity index (χ0v) is 13.1. The maximum absolute atomic E-state index is 11.5. The predicted octanol–water partition coefficient (Wildman–Crippen LogP) is 5.41. The van der Waals surface area contributed by atoms with Crippen molar-refractivity contribution in [1.82, 2.24) is 0 Å². The van der Waals surface area contributed by atoms with Gasteiger partial charge in [0.25, 0.3) is 0 Å². The van der Waals surface area contributed by atoms with Gasteiger partial charge in [0.2, 0.25) is 0 Å². The molecule has 4 heteroatoms. The van der Waals surface area contributed by atoms with Crippen LogP contribution < -0.4 is 0 Å². The minimum Gasteiger partial charge on any atom is -0.457 e. The van der Waals surface area contributed by atoms with Crippen molar-refractivity contribution in [2.75, 3.05) is 0 Å². The molecule has 0 bridgehead atoms. The molecule has 4 rings (SSSR count). The van der Waals surface area contributed by atoms with E-state index in [-0.39, 0.29) is 5.97 Å². The second-order valence-electron chi connectivity index (χ2n) is 5.12. The van der Waals surface area contributed by atoms with Crippen molar-refractivity contribution < 1.29 is 9.53 Å². The van der Waals surface area contributed by atoms with E-state index in [9.17, 15) is 4.79 Å². The summed E-state index contributed by atoms with van der Waals surface area (Å²) >= 11 is 7.65. The molecule has 3 aromatic rings. The maximum atomic E-state index is 11.5. The van der Waals surface area contributed by atoms with Gasteiger partial charge >= 0.3 is 5.97 Å². The van der Waals surface area contributed by atoms with E-state index in [4.69, 9.17) is 16.3 Å². The molecule has 0 aliphatic carbocycles. The van der Waals surface area contributed by atoms with Crippen LogP contribution in [-0.4, -0.2) is 5.97 Å². The Kier molecular flexibility index (Phi) is 3.25. The Morgan fingerprint density at radius 3 is 2.36 bits per heavy atom. The van der Waals surface area contributed by atoms with Crippen molar-refractivity contribution in [3.8, 4) is 20.9 Å². The summed E-state index contributed by atoms with van der Waals surface area (Å²) in [4.78, 5) is 13.9. The van der Waals surface area contributed by atoms with Crippen LogP contribution in [0.25, 0.3) is 20.9 Å². The first-order valence-corrected chi connectivity index (χ1v) is 8.06. The number of fused-ring (bicyclic) bond motifs is 1. The summed E-state index contributed by atoms with van der Waals surface area (Å²) in [6.07, 6.45) is 0. The van der Waals surface area contributed by atoms with Gasteiger partial charge in [-0.15, -0.1) is 11.3 Å². The molecule has 0 spiro atoms. The van der Waals surface area contributed by atoms with E-state index in [0.29, 0.717) is 12.2 Å². The van der Waals surface area contributed by atoms with Crippen LogP contribution in [0, 0.1) is 0 Å². The molecule has 0 N–H and O–H groups in total. The molecule has 2 heterocycles. The fourth-order valence-corrected chi connectivity index (χ4v) is 3.68. The summed E-state index contributed by atoms with van der Waals surface area (Å²) < 4.78 is 5.05. The number of benzene rings is 2. The van der Waals surface area contributed by atoms with Crippen LogP contribution in [0.4, 0.5) is 0 Å². The summed E-state index contributed by atoms with van der Waals surface area (Å²) in [5.74, 6) is -0.227. The molecule has 1 aliphatic heterocycles. The van der Waals surface area contributed by atoms with E-state index >= 15 is 0 Å². The van der Waals surface area contributed by atoms with Gasteiger partial charge in [-0.25, -0.2) is 4.79 Å². The van der Waals surface area contributed by atoms with Crippen molar-refractivity contribution in [3.63, 3.8) is 0 Å². The van der Waals surface area contributed by atoms with Gasteiger partial charge in [-0.3, -0.25) is 0 Å². The van der Waals surface area contributed by atoms with E-state index in [1.807, 2.05) is 42.5 Å². The van der Waals surface area contributed by atoms with Crippen LogP contribution in [-0.2, 0) is 11.3 Å². The lowest BCUT2D eigenvalue weighted by Gasteiger charge is -2.00. The number of ether oxygens (including phenoxy) is 1. The highest BCUT2D eigenvalue weighted by Crippen LogP contribution is 2.36. The largest absolute Gasteiger partial charge is 0.457 e. The normalized spacial score (nSPS) is 13.0. The molecule has 0 unspecified atom stereocenters. The summed E-state index contributed by atoms with van der Waals surface area (Å²) in [6, 6.07) is 17.9. The fraction of sp³-hybridized carbons (Fsp3) is 0.0556. The third kappa shape index (κ3) is 2.32. The van der Waals surface area contributed by atoms with Gasteiger partial charge in [-0.05, 0) is 47.5 Å². The second kappa shape index (κ2) is 5.27. The van der Waals surface area contributed by atoms with Gasteiger partial charge < -0.3 is 4.74 Å². The first kappa shape index (κ1) is 13.6. The van der Waals surface area contributed by atoms with Crippen LogP contribution in [0.3, 0.4) is 0 Å². The number of cyclic esters (lactones) is 1. The van der Waals surface area contributed by atoms with E-state index in [0.717, 1.165) is 21.7 Å². The van der Waals surface area contributed by atoms with Crippen LogP contribution in [0.15, 0.2) is 54.6 Å². The molecule has 0 saturated carbocycles. The van der Waals surface area contributed by atoms with E-state index in [1.54, 1.807) is 11.3 Å². The zero-order valence-electron chi connectivity index (χ0n) is 11.5. The molecule has 2 aromatic carbocycles. The molecule has 108 valence electrons. The predicted molar refractivity (Wildman–Crippen MR) is 89.3 cm³/mol. The SMILES string of the molecule is O=C1OCc2cc(-c3ccc(-c4ccc(Cl)cc4)s3)ccc21. The number of hydrogen-bond donors (Lipinski definition) is 0. The third-order valence-electron chi connectivity index (χ3n) is 3.70. The average molecular weight is 327 g/mol.